The second-order valence-electron chi connectivity index (χ2n) is 7.66. The third-order valence-electron chi connectivity index (χ3n) is 5.64. The van der Waals surface area contributed by atoms with Gasteiger partial charge in [-0.3, -0.25) is 5.01 Å². The first kappa shape index (κ1) is 18.5. The number of aliphatic imine (C=N–C) groups is 1. The molecule has 4 nitrogen and oxygen atoms in total. The van der Waals surface area contributed by atoms with E-state index in [1.807, 2.05) is 89.9 Å². The lowest BCUT2D eigenvalue weighted by atomic mass is 9.84. The van der Waals surface area contributed by atoms with Gasteiger partial charge in [-0.2, -0.15) is 5.10 Å². The Morgan fingerprint density at radius 1 is 0.833 bits per heavy atom. The Kier molecular flexibility index (Phi) is 4.77. The van der Waals surface area contributed by atoms with Crippen LogP contribution in [0.25, 0.3) is 5.57 Å². The van der Waals surface area contributed by atoms with Gasteiger partial charge in [0.15, 0.2) is 5.84 Å². The Balaban J connectivity index is 1.50. The molecule has 0 saturated heterocycles. The van der Waals surface area contributed by atoms with E-state index in [1.165, 1.54) is 0 Å². The molecule has 0 aromatic heterocycles. The number of hydrogen-bond donors (Lipinski definition) is 1. The van der Waals surface area contributed by atoms with Gasteiger partial charge in [0.05, 0.1) is 5.69 Å². The Bertz CT molecular complexity index is 1120. The summed E-state index contributed by atoms with van der Waals surface area (Å²) in [4.78, 5) is 4.84. The molecule has 3 aromatic rings. The first-order valence-electron chi connectivity index (χ1n) is 10.3. The number of benzene rings is 3. The number of para-hydroxylation sites is 1. The van der Waals surface area contributed by atoms with Crippen molar-refractivity contribution in [2.24, 2.45) is 10.1 Å². The largest absolute Gasteiger partial charge is 0.380 e. The standard InChI is InChI=1S/C26H23N3O/c30-26(21-12-6-2-7-13-21)19-22(18-24(26)20-10-4-1-5-11-20)27-25-16-17-29(28-25)23-14-8-3-9-15-23/h1-15,18,30H,16-17,19H2/t26-/m0/s1. The molecule has 1 heterocycles. The van der Waals surface area contributed by atoms with Crippen molar-refractivity contribution >= 4 is 22.8 Å². The van der Waals surface area contributed by atoms with Crippen LogP contribution in [0.4, 0.5) is 5.69 Å². The van der Waals surface area contributed by atoms with Crippen molar-refractivity contribution in [3.8, 4) is 0 Å². The van der Waals surface area contributed by atoms with Crippen LogP contribution in [0.3, 0.4) is 0 Å². The van der Waals surface area contributed by atoms with Gasteiger partial charge in [0.1, 0.15) is 5.60 Å². The molecule has 4 heteroatoms. The van der Waals surface area contributed by atoms with Crippen molar-refractivity contribution in [1.29, 1.82) is 0 Å². The fourth-order valence-electron chi connectivity index (χ4n) is 4.15. The molecule has 0 fully saturated rings. The van der Waals surface area contributed by atoms with Gasteiger partial charge in [0.25, 0.3) is 0 Å². The molecule has 1 aliphatic carbocycles. The van der Waals surface area contributed by atoms with E-state index in [4.69, 9.17) is 10.1 Å². The molecule has 148 valence electrons. The summed E-state index contributed by atoms with van der Waals surface area (Å²) in [7, 11) is 0. The van der Waals surface area contributed by atoms with E-state index in [9.17, 15) is 5.11 Å². The maximum Gasteiger partial charge on any atom is 0.150 e. The van der Waals surface area contributed by atoms with Crippen LogP contribution < -0.4 is 5.01 Å². The highest BCUT2D eigenvalue weighted by Crippen LogP contribution is 2.44. The average Bonchev–Trinajstić information content (AvgIpc) is 3.41. The molecule has 0 bridgehead atoms. The van der Waals surface area contributed by atoms with Gasteiger partial charge < -0.3 is 5.11 Å². The van der Waals surface area contributed by atoms with Crippen molar-refractivity contribution in [1.82, 2.24) is 0 Å². The Hall–Kier alpha value is -3.50. The van der Waals surface area contributed by atoms with Gasteiger partial charge in [0.2, 0.25) is 0 Å². The van der Waals surface area contributed by atoms with Crippen molar-refractivity contribution in [3.63, 3.8) is 0 Å². The minimum atomic E-state index is -1.10. The van der Waals surface area contributed by atoms with E-state index in [1.54, 1.807) is 0 Å². The monoisotopic (exact) mass is 393 g/mol. The quantitative estimate of drug-likeness (QED) is 0.679. The smallest absolute Gasteiger partial charge is 0.150 e. The highest BCUT2D eigenvalue weighted by Gasteiger charge is 2.40. The van der Waals surface area contributed by atoms with Gasteiger partial charge in [-0.15, -0.1) is 0 Å². The van der Waals surface area contributed by atoms with E-state index in [0.717, 1.165) is 46.9 Å². The molecule has 1 atom stereocenters. The summed E-state index contributed by atoms with van der Waals surface area (Å²) in [5, 5.41) is 18.4. The number of hydrazone groups is 1. The van der Waals surface area contributed by atoms with Gasteiger partial charge in [-0.05, 0) is 34.9 Å². The predicted molar refractivity (Wildman–Crippen MR) is 123 cm³/mol. The third kappa shape index (κ3) is 3.46. The third-order valence-corrected chi connectivity index (χ3v) is 5.64. The fraction of sp³-hybridized carbons (Fsp3) is 0.154. The van der Waals surface area contributed by atoms with Crippen LogP contribution >= 0.6 is 0 Å². The highest BCUT2D eigenvalue weighted by atomic mass is 16.3. The number of amidine groups is 1. The normalized spacial score (nSPS) is 22.3. The van der Waals surface area contributed by atoms with E-state index in [-0.39, 0.29) is 0 Å². The van der Waals surface area contributed by atoms with E-state index in [0.29, 0.717) is 6.42 Å². The fourth-order valence-corrected chi connectivity index (χ4v) is 4.15. The Labute approximate surface area is 176 Å². The van der Waals surface area contributed by atoms with Crippen LogP contribution in [0, 0.1) is 0 Å². The molecule has 5 rings (SSSR count). The zero-order valence-corrected chi connectivity index (χ0v) is 16.6. The minimum Gasteiger partial charge on any atom is -0.380 e. The van der Waals surface area contributed by atoms with Crippen molar-refractivity contribution in [3.05, 3.63) is 108 Å². The summed E-state index contributed by atoms with van der Waals surface area (Å²) in [6.45, 7) is 0.814. The van der Waals surface area contributed by atoms with Crippen LogP contribution in [0.15, 0.2) is 107 Å². The van der Waals surface area contributed by atoms with E-state index >= 15 is 0 Å². The molecule has 1 aliphatic heterocycles. The van der Waals surface area contributed by atoms with E-state index < -0.39 is 5.60 Å². The molecule has 0 unspecified atom stereocenters. The van der Waals surface area contributed by atoms with Crippen LogP contribution in [-0.2, 0) is 5.60 Å². The molecule has 0 amide bonds. The number of allylic oxidation sites excluding steroid dienone is 1. The van der Waals surface area contributed by atoms with Crippen LogP contribution in [0.5, 0.6) is 0 Å². The maximum absolute atomic E-state index is 11.8. The predicted octanol–water partition coefficient (Wildman–Crippen LogP) is 5.03. The topological polar surface area (TPSA) is 48.2 Å². The molecular formula is C26H23N3O. The van der Waals surface area contributed by atoms with Crippen LogP contribution in [0.1, 0.15) is 24.0 Å². The summed E-state index contributed by atoms with van der Waals surface area (Å²) in [5.41, 5.74) is 3.60. The van der Waals surface area contributed by atoms with Gasteiger partial charge in [-0.1, -0.05) is 78.9 Å². The van der Waals surface area contributed by atoms with Crippen molar-refractivity contribution < 1.29 is 5.11 Å². The summed E-state index contributed by atoms with van der Waals surface area (Å²) in [6.07, 6.45) is 3.25. The number of nitrogens with zero attached hydrogens (tertiary/aromatic N) is 3. The van der Waals surface area contributed by atoms with Gasteiger partial charge in [0, 0.05) is 25.1 Å². The average molecular weight is 393 g/mol. The molecule has 2 aliphatic rings. The Morgan fingerprint density at radius 2 is 1.47 bits per heavy atom. The summed E-state index contributed by atoms with van der Waals surface area (Å²) < 4.78 is 0. The SMILES string of the molecule is O[C@]1(c2ccccc2)CC(=NC2=NN(c3ccccc3)CC2)C=C1c1ccccc1. The van der Waals surface area contributed by atoms with E-state index in [2.05, 4.69) is 12.1 Å². The van der Waals surface area contributed by atoms with Gasteiger partial charge in [-0.25, -0.2) is 4.99 Å². The molecule has 0 radical (unpaired) electrons. The minimum absolute atomic E-state index is 0.436. The number of anilines is 1. The molecular weight excluding hydrogens is 370 g/mol. The first-order valence-corrected chi connectivity index (χ1v) is 10.3. The number of hydrogen-bond acceptors (Lipinski definition) is 4. The van der Waals surface area contributed by atoms with Crippen LogP contribution in [0.2, 0.25) is 0 Å². The maximum atomic E-state index is 11.8. The highest BCUT2D eigenvalue weighted by molar-refractivity contribution is 6.13. The molecule has 0 spiro atoms. The first-order chi connectivity index (χ1) is 14.7. The number of rotatable bonds is 3. The second-order valence-corrected chi connectivity index (χ2v) is 7.66. The molecule has 3 aromatic carbocycles. The second kappa shape index (κ2) is 7.73. The Morgan fingerprint density at radius 3 is 2.17 bits per heavy atom. The molecule has 30 heavy (non-hydrogen) atoms. The molecule has 1 N–H and O–H groups in total. The van der Waals surface area contributed by atoms with Crippen LogP contribution in [-0.4, -0.2) is 23.2 Å². The summed E-state index contributed by atoms with van der Waals surface area (Å²) >= 11 is 0. The molecule has 0 saturated carbocycles. The number of aliphatic hydroxyl groups is 1. The van der Waals surface area contributed by atoms with Crippen molar-refractivity contribution in [2.75, 3.05) is 11.6 Å². The van der Waals surface area contributed by atoms with Gasteiger partial charge >= 0.3 is 0 Å². The zero-order chi connectivity index (χ0) is 20.4. The zero-order valence-electron chi connectivity index (χ0n) is 16.6. The summed E-state index contributed by atoms with van der Waals surface area (Å²) in [6, 6.07) is 30.0. The summed E-state index contributed by atoms with van der Waals surface area (Å²) in [5.74, 6) is 0.801. The lowest BCUT2D eigenvalue weighted by Crippen LogP contribution is -2.25. The lowest BCUT2D eigenvalue weighted by molar-refractivity contribution is 0.113. The van der Waals surface area contributed by atoms with Crippen molar-refractivity contribution in [2.45, 2.75) is 18.4 Å². The lowest BCUT2D eigenvalue weighted by Gasteiger charge is -2.27.